The molecule has 1 aromatic heterocycles. The molecule has 4 rings (SSSR count). The van der Waals surface area contributed by atoms with Crippen molar-refractivity contribution in [1.29, 1.82) is 0 Å². The van der Waals surface area contributed by atoms with Gasteiger partial charge in [0, 0.05) is 60.5 Å². The molecule has 2 aromatic rings. The molecule has 2 fully saturated rings. The molecule has 1 saturated carbocycles. The normalized spacial score (nSPS) is 18.0. The second-order valence-corrected chi connectivity index (χ2v) is 8.00. The van der Waals surface area contributed by atoms with Gasteiger partial charge in [0.15, 0.2) is 5.78 Å². The highest BCUT2D eigenvalue weighted by atomic mass is 16.1. The Morgan fingerprint density at radius 2 is 1.74 bits per heavy atom. The Morgan fingerprint density at radius 3 is 2.37 bits per heavy atom. The number of hydrogen-bond acceptors (Lipinski definition) is 4. The minimum Gasteiger partial charge on any atom is -0.378 e. The average Bonchev–Trinajstić information content (AvgIpc) is 3.45. The summed E-state index contributed by atoms with van der Waals surface area (Å²) in [5, 5.41) is 3.30. The van der Waals surface area contributed by atoms with Gasteiger partial charge in [-0.15, -0.1) is 0 Å². The number of carbonyl (C=O) groups is 1. The largest absolute Gasteiger partial charge is 0.378 e. The van der Waals surface area contributed by atoms with Gasteiger partial charge in [-0.05, 0) is 64.1 Å². The van der Waals surface area contributed by atoms with E-state index in [-0.39, 0.29) is 5.78 Å². The van der Waals surface area contributed by atoms with Crippen LogP contribution in [0.1, 0.15) is 40.6 Å². The number of Topliss-reactive ketones (excluding diaryl/α,β-unsaturated/α-hetero) is 1. The quantitative estimate of drug-likeness (QED) is 0.795. The number of hydrogen-bond donors (Lipinski definition) is 1. The van der Waals surface area contributed by atoms with Crippen LogP contribution in [0.5, 0.6) is 0 Å². The van der Waals surface area contributed by atoms with Crippen LogP contribution in [0, 0.1) is 13.8 Å². The van der Waals surface area contributed by atoms with Crippen molar-refractivity contribution in [3.8, 4) is 0 Å². The van der Waals surface area contributed by atoms with Gasteiger partial charge >= 0.3 is 0 Å². The van der Waals surface area contributed by atoms with E-state index in [1.165, 1.54) is 24.2 Å². The predicted molar refractivity (Wildman–Crippen MR) is 111 cm³/mol. The van der Waals surface area contributed by atoms with E-state index in [0.29, 0.717) is 12.6 Å². The van der Waals surface area contributed by atoms with Crippen molar-refractivity contribution in [2.24, 2.45) is 0 Å². The van der Waals surface area contributed by atoms with Crippen LogP contribution in [0.3, 0.4) is 0 Å². The van der Waals surface area contributed by atoms with Gasteiger partial charge < -0.3 is 19.7 Å². The summed E-state index contributed by atoms with van der Waals surface area (Å²) in [6.45, 7) is 8.86. The Morgan fingerprint density at radius 1 is 1.07 bits per heavy atom. The van der Waals surface area contributed by atoms with Crippen LogP contribution in [0.15, 0.2) is 30.3 Å². The van der Waals surface area contributed by atoms with Crippen LogP contribution in [0.4, 0.5) is 11.4 Å². The number of aryl methyl sites for hydroxylation is 1. The second-order valence-electron chi connectivity index (χ2n) is 8.00. The molecular formula is C22H30N4O. The van der Waals surface area contributed by atoms with Crippen LogP contribution in [0.25, 0.3) is 0 Å². The first-order valence-corrected chi connectivity index (χ1v) is 10.0. The van der Waals surface area contributed by atoms with Crippen LogP contribution in [-0.2, 0) is 0 Å². The third-order valence-corrected chi connectivity index (χ3v) is 5.89. The number of benzene rings is 1. The molecule has 5 nitrogen and oxygen atoms in total. The summed E-state index contributed by atoms with van der Waals surface area (Å²) < 4.78 is 2.33. The minimum absolute atomic E-state index is 0.165. The van der Waals surface area contributed by atoms with E-state index in [0.717, 1.165) is 43.1 Å². The molecule has 0 radical (unpaired) electrons. The highest BCUT2D eigenvalue weighted by molar-refractivity contribution is 6.00. The van der Waals surface area contributed by atoms with Crippen LogP contribution < -0.4 is 10.2 Å². The van der Waals surface area contributed by atoms with Crippen LogP contribution >= 0.6 is 0 Å². The fourth-order valence-electron chi connectivity index (χ4n) is 4.09. The maximum Gasteiger partial charge on any atom is 0.183 e. The second kappa shape index (κ2) is 7.39. The molecule has 5 heteroatoms. The predicted octanol–water partition coefficient (Wildman–Crippen LogP) is 3.49. The molecule has 0 bridgehead atoms. The maximum atomic E-state index is 12.7. The highest BCUT2D eigenvalue weighted by Crippen LogP contribution is 2.38. The monoisotopic (exact) mass is 366 g/mol. The van der Waals surface area contributed by atoms with E-state index < -0.39 is 0 Å². The molecule has 0 amide bonds. The van der Waals surface area contributed by atoms with Gasteiger partial charge in [0.2, 0.25) is 0 Å². The summed E-state index contributed by atoms with van der Waals surface area (Å²) >= 11 is 0. The topological polar surface area (TPSA) is 40.5 Å². The first-order valence-electron chi connectivity index (χ1n) is 10.0. The summed E-state index contributed by atoms with van der Waals surface area (Å²) in [4.78, 5) is 17.5. The van der Waals surface area contributed by atoms with Crippen molar-refractivity contribution >= 4 is 17.2 Å². The third-order valence-electron chi connectivity index (χ3n) is 5.89. The smallest absolute Gasteiger partial charge is 0.183 e. The number of aromatic nitrogens is 1. The Kier molecular flexibility index (Phi) is 4.96. The van der Waals surface area contributed by atoms with Crippen LogP contribution in [-0.4, -0.2) is 55.0 Å². The standard InChI is InChI=1S/C22H30N4O/c1-16-14-21(17(2)26(16)20-8-9-20)22(27)15-23-18-4-6-19(7-5-18)25-12-10-24(3)11-13-25/h4-7,14,20,23H,8-13,15H2,1-3H3. The van der Waals surface area contributed by atoms with Crippen molar-refractivity contribution in [2.75, 3.05) is 50.0 Å². The van der Waals surface area contributed by atoms with Gasteiger partial charge in [0.05, 0.1) is 6.54 Å². The minimum atomic E-state index is 0.165. The molecule has 0 spiro atoms. The number of rotatable bonds is 6. The lowest BCUT2D eigenvalue weighted by molar-refractivity contribution is 0.101. The molecule has 0 unspecified atom stereocenters. The third kappa shape index (κ3) is 3.88. The molecule has 1 aliphatic carbocycles. The SMILES string of the molecule is Cc1cc(C(=O)CNc2ccc(N3CCN(C)CC3)cc2)c(C)n1C1CC1. The number of nitrogens with zero attached hydrogens (tertiary/aromatic N) is 3. The molecule has 27 heavy (non-hydrogen) atoms. The van der Waals surface area contributed by atoms with Crippen molar-refractivity contribution in [3.05, 3.63) is 47.3 Å². The van der Waals surface area contributed by atoms with Gasteiger partial charge in [-0.25, -0.2) is 0 Å². The molecule has 1 saturated heterocycles. The molecule has 2 aliphatic rings. The van der Waals surface area contributed by atoms with E-state index in [1.807, 2.05) is 6.07 Å². The number of likely N-dealkylation sites (N-methyl/N-ethyl adjacent to an activating group) is 1. The van der Waals surface area contributed by atoms with Gasteiger partial charge in [-0.2, -0.15) is 0 Å². The number of piperazine rings is 1. The fourth-order valence-corrected chi connectivity index (χ4v) is 4.09. The lowest BCUT2D eigenvalue weighted by atomic mass is 10.1. The number of ketones is 1. The molecule has 1 aromatic carbocycles. The van der Waals surface area contributed by atoms with E-state index in [1.54, 1.807) is 0 Å². The highest BCUT2D eigenvalue weighted by Gasteiger charge is 2.28. The summed E-state index contributed by atoms with van der Waals surface area (Å²) in [6.07, 6.45) is 2.48. The first kappa shape index (κ1) is 18.1. The lowest BCUT2D eigenvalue weighted by Gasteiger charge is -2.34. The van der Waals surface area contributed by atoms with Gasteiger partial charge in [-0.1, -0.05) is 0 Å². The average molecular weight is 367 g/mol. The van der Waals surface area contributed by atoms with Crippen LogP contribution in [0.2, 0.25) is 0 Å². The van der Waals surface area contributed by atoms with E-state index in [2.05, 4.69) is 64.8 Å². The molecule has 144 valence electrons. The summed E-state index contributed by atoms with van der Waals surface area (Å²) in [5.74, 6) is 0.165. The number of carbonyl (C=O) groups excluding carboxylic acids is 1. The fraction of sp³-hybridized carbons (Fsp3) is 0.500. The maximum absolute atomic E-state index is 12.7. The lowest BCUT2D eigenvalue weighted by Crippen LogP contribution is -2.44. The Balaban J connectivity index is 1.36. The number of nitrogens with one attached hydrogen (secondary N) is 1. The van der Waals surface area contributed by atoms with Gasteiger partial charge in [0.1, 0.15) is 0 Å². The molecule has 0 atom stereocenters. The van der Waals surface area contributed by atoms with Gasteiger partial charge in [0.25, 0.3) is 0 Å². The number of anilines is 2. The van der Waals surface area contributed by atoms with Crippen molar-refractivity contribution in [3.63, 3.8) is 0 Å². The van der Waals surface area contributed by atoms with Crippen molar-refractivity contribution in [2.45, 2.75) is 32.7 Å². The molecule has 2 heterocycles. The van der Waals surface area contributed by atoms with Crippen molar-refractivity contribution in [1.82, 2.24) is 9.47 Å². The van der Waals surface area contributed by atoms with E-state index >= 15 is 0 Å². The van der Waals surface area contributed by atoms with Gasteiger partial charge in [-0.3, -0.25) is 4.79 Å². The summed E-state index contributed by atoms with van der Waals surface area (Å²) in [6, 6.07) is 11.1. The Labute approximate surface area is 162 Å². The molecule has 1 aliphatic heterocycles. The molecule has 1 N–H and O–H groups in total. The zero-order chi connectivity index (χ0) is 19.0. The first-order chi connectivity index (χ1) is 13.0. The zero-order valence-electron chi connectivity index (χ0n) is 16.7. The van der Waals surface area contributed by atoms with E-state index in [4.69, 9.17) is 0 Å². The van der Waals surface area contributed by atoms with Crippen molar-refractivity contribution < 1.29 is 4.79 Å². The Bertz CT molecular complexity index is 812. The molecular weight excluding hydrogens is 336 g/mol. The van der Waals surface area contributed by atoms with E-state index in [9.17, 15) is 4.79 Å². The zero-order valence-corrected chi connectivity index (χ0v) is 16.7. The Hall–Kier alpha value is -2.27. The summed E-state index contributed by atoms with van der Waals surface area (Å²) in [5.41, 5.74) is 5.44. The summed E-state index contributed by atoms with van der Waals surface area (Å²) in [7, 11) is 2.17.